The van der Waals surface area contributed by atoms with E-state index in [0.29, 0.717) is 24.5 Å². The Morgan fingerprint density at radius 1 is 1.22 bits per heavy atom. The van der Waals surface area contributed by atoms with Gasteiger partial charge < -0.3 is 14.8 Å². The van der Waals surface area contributed by atoms with E-state index in [0.717, 1.165) is 8.95 Å². The van der Waals surface area contributed by atoms with Gasteiger partial charge >= 0.3 is 0 Å². The van der Waals surface area contributed by atoms with E-state index in [1.54, 1.807) is 0 Å². The zero-order valence-corrected chi connectivity index (χ0v) is 13.2. The normalized spacial score (nSPS) is 16.6. The molecule has 1 N–H and O–H groups in total. The van der Waals surface area contributed by atoms with Crippen LogP contribution in [0.15, 0.2) is 21.1 Å². The molecule has 0 aromatic heterocycles. The smallest absolute Gasteiger partial charge is 0.289 e. The molecule has 1 aromatic carbocycles. The SMILES string of the molecule is CCOC1(OCC)C(=O)Nc2c(Br)cc(Br)cc21. The van der Waals surface area contributed by atoms with Gasteiger partial charge in [0.25, 0.3) is 11.7 Å². The van der Waals surface area contributed by atoms with Gasteiger partial charge in [0.15, 0.2) is 0 Å². The summed E-state index contributed by atoms with van der Waals surface area (Å²) in [4.78, 5) is 12.2. The third-order valence-electron chi connectivity index (χ3n) is 2.64. The van der Waals surface area contributed by atoms with Gasteiger partial charge in [-0.15, -0.1) is 0 Å². The molecule has 0 fully saturated rings. The summed E-state index contributed by atoms with van der Waals surface area (Å²) in [5.41, 5.74) is 1.39. The van der Waals surface area contributed by atoms with Crippen molar-refractivity contribution in [1.29, 1.82) is 0 Å². The number of halogens is 2. The first-order chi connectivity index (χ1) is 8.55. The van der Waals surface area contributed by atoms with Gasteiger partial charge in [0.2, 0.25) is 0 Å². The van der Waals surface area contributed by atoms with Crippen LogP contribution in [0.2, 0.25) is 0 Å². The summed E-state index contributed by atoms with van der Waals surface area (Å²) < 4.78 is 12.9. The Balaban J connectivity index is 2.60. The Kier molecular flexibility index (Phi) is 4.11. The van der Waals surface area contributed by atoms with E-state index >= 15 is 0 Å². The monoisotopic (exact) mass is 377 g/mol. The molecule has 1 aromatic rings. The molecular weight excluding hydrogens is 366 g/mol. The predicted molar refractivity (Wildman–Crippen MR) is 75.4 cm³/mol. The molecule has 0 spiro atoms. The molecule has 0 atom stereocenters. The fourth-order valence-corrected chi connectivity index (χ4v) is 3.34. The first kappa shape index (κ1) is 14.0. The molecule has 6 heteroatoms. The largest absolute Gasteiger partial charge is 0.339 e. The molecule has 0 saturated carbocycles. The van der Waals surface area contributed by atoms with Crippen molar-refractivity contribution in [3.8, 4) is 0 Å². The van der Waals surface area contributed by atoms with E-state index < -0.39 is 5.79 Å². The van der Waals surface area contributed by atoms with E-state index in [1.807, 2.05) is 26.0 Å². The Labute approximate surface area is 122 Å². The molecule has 2 rings (SSSR count). The van der Waals surface area contributed by atoms with Gasteiger partial charge in [-0.25, -0.2) is 0 Å². The van der Waals surface area contributed by atoms with Crippen molar-refractivity contribution in [2.75, 3.05) is 18.5 Å². The molecule has 4 nitrogen and oxygen atoms in total. The van der Waals surface area contributed by atoms with Crippen LogP contribution in [0.3, 0.4) is 0 Å². The lowest BCUT2D eigenvalue weighted by Gasteiger charge is -2.26. The Morgan fingerprint density at radius 3 is 2.39 bits per heavy atom. The minimum atomic E-state index is -1.34. The van der Waals surface area contributed by atoms with Crippen LogP contribution in [0.4, 0.5) is 5.69 Å². The average Bonchev–Trinajstić information content (AvgIpc) is 2.56. The summed E-state index contributed by atoms with van der Waals surface area (Å²) in [6.07, 6.45) is 0. The van der Waals surface area contributed by atoms with Gasteiger partial charge in [0.05, 0.1) is 5.69 Å². The molecule has 1 amide bonds. The van der Waals surface area contributed by atoms with Crippen molar-refractivity contribution in [2.24, 2.45) is 0 Å². The van der Waals surface area contributed by atoms with Gasteiger partial charge in [0, 0.05) is 27.7 Å². The summed E-state index contributed by atoms with van der Waals surface area (Å²) in [6, 6.07) is 3.70. The fraction of sp³-hybridized carbons (Fsp3) is 0.417. The second-order valence-corrected chi connectivity index (χ2v) is 5.52. The van der Waals surface area contributed by atoms with Gasteiger partial charge in [-0.2, -0.15) is 0 Å². The first-order valence-corrected chi connectivity index (χ1v) is 7.22. The number of amides is 1. The Hall–Kier alpha value is -0.430. The third kappa shape index (κ3) is 2.11. The number of carbonyl (C=O) groups is 1. The minimum Gasteiger partial charge on any atom is -0.339 e. The highest BCUT2D eigenvalue weighted by Crippen LogP contribution is 2.45. The van der Waals surface area contributed by atoms with Gasteiger partial charge in [0.1, 0.15) is 0 Å². The molecule has 0 bridgehead atoms. The molecule has 1 aliphatic rings. The minimum absolute atomic E-state index is 0.292. The van der Waals surface area contributed by atoms with E-state index in [-0.39, 0.29) is 5.91 Å². The number of benzene rings is 1. The Morgan fingerprint density at radius 2 is 1.83 bits per heavy atom. The van der Waals surface area contributed by atoms with E-state index in [9.17, 15) is 4.79 Å². The summed E-state index contributed by atoms with van der Waals surface area (Å²) in [5.74, 6) is -1.63. The lowest BCUT2D eigenvalue weighted by atomic mass is 10.1. The first-order valence-electron chi connectivity index (χ1n) is 5.64. The highest BCUT2D eigenvalue weighted by molar-refractivity contribution is 9.11. The molecule has 1 aliphatic heterocycles. The van der Waals surface area contributed by atoms with E-state index in [4.69, 9.17) is 9.47 Å². The third-order valence-corrected chi connectivity index (χ3v) is 3.73. The maximum Gasteiger partial charge on any atom is 0.289 e. The molecule has 1 heterocycles. The Bertz CT molecular complexity index is 484. The number of hydrogen-bond donors (Lipinski definition) is 1. The zero-order valence-electron chi connectivity index (χ0n) is 10.0. The van der Waals surface area contributed by atoms with Crippen LogP contribution < -0.4 is 5.32 Å². The van der Waals surface area contributed by atoms with E-state index in [2.05, 4.69) is 37.2 Å². The van der Waals surface area contributed by atoms with Crippen molar-refractivity contribution >= 4 is 43.5 Å². The lowest BCUT2D eigenvalue weighted by molar-refractivity contribution is -0.227. The number of nitrogens with one attached hydrogen (secondary N) is 1. The molecule has 0 saturated heterocycles. The summed E-state index contributed by atoms with van der Waals surface area (Å²) in [6.45, 7) is 4.44. The quantitative estimate of drug-likeness (QED) is 0.817. The number of rotatable bonds is 4. The highest BCUT2D eigenvalue weighted by atomic mass is 79.9. The van der Waals surface area contributed by atoms with Crippen LogP contribution in [0, 0.1) is 0 Å². The molecule has 0 aliphatic carbocycles. The second kappa shape index (κ2) is 5.28. The van der Waals surface area contributed by atoms with Crippen LogP contribution in [0.25, 0.3) is 0 Å². The fourth-order valence-electron chi connectivity index (χ4n) is 2.01. The van der Waals surface area contributed by atoms with Gasteiger partial charge in [-0.1, -0.05) is 15.9 Å². The average molecular weight is 379 g/mol. The second-order valence-electron chi connectivity index (χ2n) is 3.75. The van der Waals surface area contributed by atoms with E-state index in [1.165, 1.54) is 0 Å². The molecule has 18 heavy (non-hydrogen) atoms. The van der Waals surface area contributed by atoms with Gasteiger partial charge in [-0.3, -0.25) is 4.79 Å². The summed E-state index contributed by atoms with van der Waals surface area (Å²) in [7, 11) is 0. The predicted octanol–water partition coefficient (Wildman–Crippen LogP) is 3.39. The molecular formula is C12H13Br2NO3. The number of hydrogen-bond acceptors (Lipinski definition) is 3. The van der Waals surface area contributed by atoms with Crippen molar-refractivity contribution in [2.45, 2.75) is 19.6 Å². The molecule has 98 valence electrons. The number of ether oxygens (including phenoxy) is 2. The highest BCUT2D eigenvalue weighted by Gasteiger charge is 2.50. The molecule has 0 radical (unpaired) electrons. The van der Waals surface area contributed by atoms with Crippen LogP contribution >= 0.6 is 31.9 Å². The maximum absolute atomic E-state index is 12.2. The van der Waals surface area contributed by atoms with Crippen molar-refractivity contribution in [3.05, 3.63) is 26.6 Å². The van der Waals surface area contributed by atoms with Crippen LogP contribution in [0.1, 0.15) is 19.4 Å². The van der Waals surface area contributed by atoms with Crippen molar-refractivity contribution < 1.29 is 14.3 Å². The van der Waals surface area contributed by atoms with Crippen molar-refractivity contribution in [3.63, 3.8) is 0 Å². The van der Waals surface area contributed by atoms with Crippen LogP contribution in [0.5, 0.6) is 0 Å². The number of anilines is 1. The zero-order chi connectivity index (χ0) is 13.3. The number of carbonyl (C=O) groups excluding carboxylic acids is 1. The summed E-state index contributed by atoms with van der Waals surface area (Å²) in [5, 5.41) is 2.80. The van der Waals surface area contributed by atoms with Crippen LogP contribution in [-0.2, 0) is 20.1 Å². The summed E-state index contributed by atoms with van der Waals surface area (Å²) >= 11 is 6.83. The lowest BCUT2D eigenvalue weighted by Crippen LogP contribution is -2.40. The maximum atomic E-state index is 12.2. The van der Waals surface area contributed by atoms with Gasteiger partial charge in [-0.05, 0) is 41.9 Å². The number of fused-ring (bicyclic) bond motifs is 1. The van der Waals surface area contributed by atoms with Crippen LogP contribution in [-0.4, -0.2) is 19.1 Å². The standard InChI is InChI=1S/C12H13Br2NO3/c1-3-17-12(18-4-2)8-5-7(13)6-9(14)10(8)15-11(12)16/h5-6H,3-4H2,1-2H3,(H,15,16). The van der Waals surface area contributed by atoms with Crippen molar-refractivity contribution in [1.82, 2.24) is 0 Å². The topological polar surface area (TPSA) is 47.6 Å². The molecule has 0 unspecified atom stereocenters.